The van der Waals surface area contributed by atoms with Crippen molar-refractivity contribution in [3.05, 3.63) is 93.3 Å². The van der Waals surface area contributed by atoms with Crippen LogP contribution in [0.1, 0.15) is 41.6 Å². The molecule has 1 unspecified atom stereocenters. The maximum absolute atomic E-state index is 13.0. The summed E-state index contributed by atoms with van der Waals surface area (Å²) in [5, 5.41) is 6.96. The highest BCUT2D eigenvalue weighted by atomic mass is 32.2. The van der Waals surface area contributed by atoms with Crippen LogP contribution < -0.4 is 5.32 Å². The Bertz CT molecular complexity index is 1480. The van der Waals surface area contributed by atoms with Crippen molar-refractivity contribution in [1.82, 2.24) is 15.2 Å². The lowest BCUT2D eigenvalue weighted by molar-refractivity contribution is -0.136. The Morgan fingerprint density at radius 1 is 1.16 bits per heavy atom. The molecule has 8 heteroatoms. The minimum Gasteiger partial charge on any atom is -0.466 e. The van der Waals surface area contributed by atoms with E-state index in [-0.39, 0.29) is 12.3 Å². The van der Waals surface area contributed by atoms with E-state index in [1.807, 2.05) is 61.5 Å². The summed E-state index contributed by atoms with van der Waals surface area (Å²) < 4.78 is 5.16. The second-order valence-corrected chi connectivity index (χ2v) is 10.2. The number of hydrogen-bond donors (Lipinski definition) is 2. The van der Waals surface area contributed by atoms with Gasteiger partial charge in [-0.25, -0.2) is 9.79 Å². The van der Waals surface area contributed by atoms with E-state index in [0.717, 1.165) is 39.5 Å². The van der Waals surface area contributed by atoms with E-state index >= 15 is 0 Å². The molecule has 0 spiro atoms. The molecule has 0 radical (unpaired) electrons. The first-order valence-electron chi connectivity index (χ1n) is 12.3. The molecule has 7 nitrogen and oxygen atoms in total. The van der Waals surface area contributed by atoms with Crippen molar-refractivity contribution in [1.29, 1.82) is 0 Å². The summed E-state index contributed by atoms with van der Waals surface area (Å²) >= 11 is 1.48. The number of hydrogen-bond acceptors (Lipinski definition) is 6. The molecule has 2 aliphatic rings. The molecule has 1 amide bonds. The number of aryl methyl sites for hydroxylation is 2. The fourth-order valence-electron chi connectivity index (χ4n) is 5.07. The van der Waals surface area contributed by atoms with E-state index in [2.05, 4.69) is 28.5 Å². The van der Waals surface area contributed by atoms with Crippen molar-refractivity contribution in [2.45, 2.75) is 39.7 Å². The number of amidine groups is 1. The number of aromatic amines is 1. The van der Waals surface area contributed by atoms with E-state index in [9.17, 15) is 9.59 Å². The minimum absolute atomic E-state index is 0.0711. The number of esters is 1. The van der Waals surface area contributed by atoms with Crippen molar-refractivity contribution in [2.75, 3.05) is 13.7 Å². The van der Waals surface area contributed by atoms with Crippen LogP contribution in [0, 0.1) is 13.8 Å². The fourth-order valence-corrected chi connectivity index (χ4v) is 6.03. The third kappa shape index (κ3) is 4.81. The number of fused-ring (bicyclic) bond motifs is 2. The summed E-state index contributed by atoms with van der Waals surface area (Å²) in [4.78, 5) is 35.9. The Morgan fingerprint density at radius 3 is 2.76 bits per heavy atom. The SMILES string of the molecule is COC(=O)C1=C(C)N=C2SC=C(CC(=O)NCCc3c[nH]c4ccccc34)N2C1c1ccc(C)cc1C. The largest absolute Gasteiger partial charge is 0.466 e. The average molecular weight is 515 g/mol. The summed E-state index contributed by atoms with van der Waals surface area (Å²) in [5.41, 5.74) is 7.41. The number of carbonyl (C=O) groups is 2. The Hall–Kier alpha value is -3.78. The number of benzene rings is 2. The number of nitrogens with one attached hydrogen (secondary N) is 2. The van der Waals surface area contributed by atoms with Gasteiger partial charge >= 0.3 is 5.97 Å². The zero-order valence-electron chi connectivity index (χ0n) is 21.4. The molecule has 0 bridgehead atoms. The first-order valence-corrected chi connectivity index (χ1v) is 13.2. The third-order valence-corrected chi connectivity index (χ3v) is 7.75. The number of allylic oxidation sites excluding steroid dienone is 1. The molecule has 2 N–H and O–H groups in total. The number of amides is 1. The maximum atomic E-state index is 13.0. The van der Waals surface area contributed by atoms with Gasteiger partial charge in [-0.05, 0) is 55.4 Å². The third-order valence-electron chi connectivity index (χ3n) is 6.86. The summed E-state index contributed by atoms with van der Waals surface area (Å²) in [6.45, 7) is 6.46. The smallest absolute Gasteiger partial charge is 0.338 e. The lowest BCUT2D eigenvalue weighted by atomic mass is 9.90. The molecule has 0 saturated heterocycles. The summed E-state index contributed by atoms with van der Waals surface area (Å²) in [5.74, 6) is -0.483. The zero-order chi connectivity index (χ0) is 26.1. The molecule has 0 saturated carbocycles. The van der Waals surface area contributed by atoms with Gasteiger partial charge in [0.1, 0.15) is 0 Å². The predicted molar refractivity (Wildman–Crippen MR) is 148 cm³/mol. The molecule has 1 aromatic heterocycles. The van der Waals surface area contributed by atoms with Crippen molar-refractivity contribution < 1.29 is 14.3 Å². The average Bonchev–Trinajstić information content (AvgIpc) is 3.47. The Labute approximate surface area is 220 Å². The summed E-state index contributed by atoms with van der Waals surface area (Å²) in [6.07, 6.45) is 2.93. The normalized spacial score (nSPS) is 17.0. The van der Waals surface area contributed by atoms with Gasteiger partial charge < -0.3 is 19.9 Å². The molecular formula is C29H30N4O3S. The first-order chi connectivity index (χ1) is 17.9. The van der Waals surface area contributed by atoms with Gasteiger partial charge in [-0.2, -0.15) is 0 Å². The lowest BCUT2D eigenvalue weighted by Gasteiger charge is -2.37. The van der Waals surface area contributed by atoms with Crippen LogP contribution >= 0.6 is 11.8 Å². The van der Waals surface area contributed by atoms with Crippen LogP contribution in [0.4, 0.5) is 0 Å². The number of thioether (sulfide) groups is 1. The van der Waals surface area contributed by atoms with Crippen molar-refractivity contribution >= 4 is 39.7 Å². The second-order valence-electron chi connectivity index (χ2n) is 9.38. The molecule has 0 aliphatic carbocycles. The highest BCUT2D eigenvalue weighted by Gasteiger charge is 2.41. The Morgan fingerprint density at radius 2 is 1.97 bits per heavy atom. The van der Waals surface area contributed by atoms with Crippen molar-refractivity contribution in [3.63, 3.8) is 0 Å². The van der Waals surface area contributed by atoms with E-state index in [1.165, 1.54) is 29.8 Å². The van der Waals surface area contributed by atoms with Crippen molar-refractivity contribution in [2.24, 2.45) is 4.99 Å². The minimum atomic E-state index is -0.416. The Balaban J connectivity index is 1.35. The van der Waals surface area contributed by atoms with E-state index in [4.69, 9.17) is 9.73 Å². The molecule has 3 heterocycles. The first kappa shape index (κ1) is 24.9. The van der Waals surface area contributed by atoms with Crippen LogP contribution in [-0.2, 0) is 20.7 Å². The fraction of sp³-hybridized carbons (Fsp3) is 0.276. The number of nitrogens with zero attached hydrogens (tertiary/aromatic N) is 2. The van der Waals surface area contributed by atoms with Gasteiger partial charge in [0.2, 0.25) is 5.91 Å². The number of aliphatic imine (C=N–C) groups is 1. The van der Waals surface area contributed by atoms with Gasteiger partial charge in [-0.1, -0.05) is 53.7 Å². The quantitative estimate of drug-likeness (QED) is 0.419. The number of para-hydroxylation sites is 1. The molecule has 5 rings (SSSR count). The maximum Gasteiger partial charge on any atom is 0.338 e. The summed E-state index contributed by atoms with van der Waals surface area (Å²) in [6, 6.07) is 13.9. The highest BCUT2D eigenvalue weighted by molar-refractivity contribution is 8.16. The van der Waals surface area contributed by atoms with Crippen molar-refractivity contribution in [3.8, 4) is 0 Å². The number of methoxy groups -OCH3 is 1. The zero-order valence-corrected chi connectivity index (χ0v) is 22.2. The highest BCUT2D eigenvalue weighted by Crippen LogP contribution is 2.45. The van der Waals surface area contributed by atoms with Gasteiger partial charge in [0.15, 0.2) is 5.17 Å². The molecule has 2 aromatic carbocycles. The molecule has 1 atom stereocenters. The monoisotopic (exact) mass is 514 g/mol. The number of carbonyl (C=O) groups excluding carboxylic acids is 2. The molecule has 190 valence electrons. The number of aromatic nitrogens is 1. The van der Waals surface area contributed by atoms with Gasteiger partial charge in [-0.3, -0.25) is 4.79 Å². The van der Waals surface area contributed by atoms with E-state index in [0.29, 0.717) is 17.8 Å². The van der Waals surface area contributed by atoms with Crippen LogP contribution in [0.3, 0.4) is 0 Å². The van der Waals surface area contributed by atoms with E-state index < -0.39 is 12.0 Å². The molecule has 2 aliphatic heterocycles. The van der Waals surface area contributed by atoms with Gasteiger partial charge in [-0.15, -0.1) is 0 Å². The predicted octanol–water partition coefficient (Wildman–Crippen LogP) is 5.28. The van der Waals surface area contributed by atoms with Crippen LogP contribution in [0.2, 0.25) is 0 Å². The standard InChI is InChI=1S/C29H30N4O3S/c1-17-9-10-22(18(2)13-17)27-26(28(35)36-4)19(3)32-29-33(27)21(16-37-29)14-25(34)30-12-11-20-15-31-24-8-6-5-7-23(20)24/h5-10,13,15-16,27,31H,11-12,14H2,1-4H3,(H,30,34). The lowest BCUT2D eigenvalue weighted by Crippen LogP contribution is -2.38. The van der Waals surface area contributed by atoms with Gasteiger partial charge in [0.05, 0.1) is 30.8 Å². The van der Waals surface area contributed by atoms with Gasteiger partial charge in [0, 0.05) is 29.3 Å². The summed E-state index contributed by atoms with van der Waals surface area (Å²) in [7, 11) is 1.39. The van der Waals surface area contributed by atoms with Crippen LogP contribution in [0.15, 0.2) is 76.0 Å². The van der Waals surface area contributed by atoms with E-state index in [1.54, 1.807) is 0 Å². The van der Waals surface area contributed by atoms with Crippen LogP contribution in [0.25, 0.3) is 10.9 Å². The molecule has 37 heavy (non-hydrogen) atoms. The topological polar surface area (TPSA) is 86.8 Å². The van der Waals surface area contributed by atoms with Gasteiger partial charge in [0.25, 0.3) is 0 Å². The number of H-pyrrole nitrogens is 1. The molecule has 3 aromatic rings. The molecular weight excluding hydrogens is 484 g/mol. The number of ether oxygens (including phenoxy) is 1. The number of rotatable bonds is 7. The Kier molecular flexibility index (Phi) is 6.93. The van der Waals surface area contributed by atoms with Crippen LogP contribution in [-0.4, -0.2) is 40.6 Å². The second kappa shape index (κ2) is 10.3. The molecule has 0 fully saturated rings. The van der Waals surface area contributed by atoms with Crippen LogP contribution in [0.5, 0.6) is 0 Å².